The molecule has 0 radical (unpaired) electrons. The van der Waals surface area contributed by atoms with Crippen molar-refractivity contribution in [3.05, 3.63) is 99.8 Å². The topological polar surface area (TPSA) is 237 Å². The number of carbonyl (C=O) groups is 4. The highest BCUT2D eigenvalue weighted by Crippen LogP contribution is 2.39. The number of thiazole rings is 1. The number of β-amino-alcohol motifs (C(OH)–C–C–N with tert-alkyl or cyclic N) is 1. The molecule has 2 aliphatic heterocycles. The van der Waals surface area contributed by atoms with Gasteiger partial charge in [0.25, 0.3) is 0 Å². The molecule has 4 amide bonds. The van der Waals surface area contributed by atoms with Gasteiger partial charge in [0.1, 0.15) is 22.9 Å². The molecule has 4 heterocycles. The average Bonchev–Trinajstić information content (AvgIpc) is 4.26. The van der Waals surface area contributed by atoms with Gasteiger partial charge in [-0.3, -0.25) is 24.1 Å². The van der Waals surface area contributed by atoms with Crippen LogP contribution in [0.3, 0.4) is 0 Å². The number of piperidine rings is 1. The van der Waals surface area contributed by atoms with E-state index in [0.717, 1.165) is 98.1 Å². The van der Waals surface area contributed by atoms with E-state index >= 15 is 0 Å². The molecular formula is C63H87ClN10O8S2. The van der Waals surface area contributed by atoms with Crippen LogP contribution in [0, 0.1) is 19.3 Å². The molecule has 5 aromatic rings. The van der Waals surface area contributed by atoms with Gasteiger partial charge >= 0.3 is 0 Å². The molecule has 0 saturated carbocycles. The van der Waals surface area contributed by atoms with E-state index < -0.39 is 38.7 Å². The third-order valence-corrected chi connectivity index (χ3v) is 19.0. The molecule has 21 heteroatoms. The van der Waals surface area contributed by atoms with Gasteiger partial charge in [0.2, 0.25) is 29.6 Å². The van der Waals surface area contributed by atoms with E-state index in [2.05, 4.69) is 59.4 Å². The smallest absolute Gasteiger partial charge is 0.246 e. The molecule has 6 N–H and O–H groups in total. The van der Waals surface area contributed by atoms with Gasteiger partial charge < -0.3 is 41.3 Å². The van der Waals surface area contributed by atoms with Crippen LogP contribution >= 0.6 is 22.9 Å². The normalized spacial score (nSPS) is 16.4. The fraction of sp³-hybridized carbons (Fsp3) is 0.540. The van der Waals surface area contributed by atoms with Crippen molar-refractivity contribution in [2.24, 2.45) is 5.41 Å². The lowest BCUT2D eigenvalue weighted by atomic mass is 9.85. The van der Waals surface area contributed by atoms with E-state index in [9.17, 15) is 32.7 Å². The lowest BCUT2D eigenvalue weighted by Crippen LogP contribution is -2.57. The second-order valence-corrected chi connectivity index (χ2v) is 27.8. The van der Waals surface area contributed by atoms with Crippen LogP contribution in [0.4, 0.5) is 23.1 Å². The van der Waals surface area contributed by atoms with E-state index in [1.165, 1.54) is 16.7 Å². The van der Waals surface area contributed by atoms with Crippen molar-refractivity contribution < 1.29 is 37.4 Å². The van der Waals surface area contributed by atoms with Gasteiger partial charge in [-0.1, -0.05) is 107 Å². The molecule has 0 spiro atoms. The quantitative estimate of drug-likeness (QED) is 0.0256. The maximum atomic E-state index is 14.1. The number of aromatic nitrogens is 3. The average molecular weight is 1210 g/mol. The third kappa shape index (κ3) is 18.2. The number of halogens is 1. The number of aryl methyl sites for hydroxylation is 2. The van der Waals surface area contributed by atoms with E-state index in [-0.39, 0.29) is 76.8 Å². The summed E-state index contributed by atoms with van der Waals surface area (Å²) in [7, 11) is -3.59. The predicted octanol–water partition coefficient (Wildman–Crippen LogP) is 10.9. The summed E-state index contributed by atoms with van der Waals surface area (Å²) < 4.78 is 32.6. The Balaban J connectivity index is 0.765. The number of benzene rings is 3. The summed E-state index contributed by atoms with van der Waals surface area (Å²) >= 11 is 8.11. The van der Waals surface area contributed by atoms with E-state index in [1.54, 1.807) is 49.4 Å². The molecular weight excluding hydrogens is 1120 g/mol. The fourth-order valence-corrected chi connectivity index (χ4v) is 13.0. The highest BCUT2D eigenvalue weighted by Gasteiger charge is 2.44. The summed E-state index contributed by atoms with van der Waals surface area (Å²) in [5.74, 6) is 0.589. The number of aliphatic hydroxyl groups excluding tert-OH is 1. The number of para-hydroxylation sites is 1. The van der Waals surface area contributed by atoms with Gasteiger partial charge in [-0.2, -0.15) is 4.98 Å². The zero-order chi connectivity index (χ0) is 60.7. The van der Waals surface area contributed by atoms with Crippen molar-refractivity contribution in [3.8, 4) is 16.2 Å². The number of anilines is 4. The molecule has 18 nitrogen and oxygen atoms in total. The van der Waals surface area contributed by atoms with Crippen LogP contribution in [-0.4, -0.2) is 124 Å². The molecule has 2 saturated heterocycles. The molecule has 3 atom stereocenters. The Hall–Kier alpha value is -6.19. The summed E-state index contributed by atoms with van der Waals surface area (Å²) in [5.41, 5.74) is 7.47. The Morgan fingerprint density at radius 2 is 1.52 bits per heavy atom. The molecule has 84 heavy (non-hydrogen) atoms. The number of hydrogen-bond acceptors (Lipinski definition) is 15. The Bertz CT molecular complexity index is 3140. The zero-order valence-electron chi connectivity index (χ0n) is 50.4. The Morgan fingerprint density at radius 1 is 0.845 bits per heavy atom. The van der Waals surface area contributed by atoms with Crippen LogP contribution < -0.4 is 31.3 Å². The molecule has 0 bridgehead atoms. The first-order chi connectivity index (χ1) is 40.0. The maximum Gasteiger partial charge on any atom is 0.246 e. The third-order valence-electron chi connectivity index (χ3n) is 15.5. The monoisotopic (exact) mass is 1210 g/mol. The molecule has 2 fully saturated rings. The highest BCUT2D eigenvalue weighted by molar-refractivity contribution is 7.92. The predicted molar refractivity (Wildman–Crippen MR) is 334 cm³/mol. The van der Waals surface area contributed by atoms with Crippen LogP contribution in [0.15, 0.2) is 77.3 Å². The maximum absolute atomic E-state index is 14.1. The van der Waals surface area contributed by atoms with E-state index in [1.807, 2.05) is 77.4 Å². The fourth-order valence-electron chi connectivity index (χ4n) is 10.8. The summed E-state index contributed by atoms with van der Waals surface area (Å²) in [6.07, 6.45) is 10.5. The van der Waals surface area contributed by atoms with Crippen molar-refractivity contribution in [1.29, 1.82) is 0 Å². The van der Waals surface area contributed by atoms with Gasteiger partial charge in [-0.05, 0) is 138 Å². The first-order valence-electron chi connectivity index (χ1n) is 29.7. The van der Waals surface area contributed by atoms with Crippen LogP contribution in [0.2, 0.25) is 5.02 Å². The number of hydrogen-bond donors (Lipinski definition) is 6. The number of likely N-dealkylation sites (tertiary alicyclic amines) is 2. The minimum Gasteiger partial charge on any atom is -0.489 e. The van der Waals surface area contributed by atoms with E-state index in [4.69, 9.17) is 16.3 Å². The zero-order valence-corrected chi connectivity index (χ0v) is 52.7. The lowest BCUT2D eigenvalue weighted by molar-refractivity contribution is -0.144. The van der Waals surface area contributed by atoms with Gasteiger partial charge in [0, 0.05) is 32.5 Å². The number of nitrogens with zero attached hydrogens (tertiary/aromatic N) is 5. The SMILES string of the molecule is Cc1cc(Nc2ncc(Cl)c(Nc3ccccc3S(=O)(=O)C(C)C)n2)c(OC(C)C)cc1C1CCN(CC(=O)NCCCCCCCCCCC(=O)N[C@H](C(=O)N2C[C@H](O)C[C@H]2C(=O)NCc2ccc(-c3scnc3C)cc2)C(C)(C)C)CC1. The van der Waals surface area contributed by atoms with Crippen molar-refractivity contribution in [2.75, 3.05) is 43.4 Å². The largest absolute Gasteiger partial charge is 0.489 e. The van der Waals surface area contributed by atoms with Crippen molar-refractivity contribution >= 4 is 79.5 Å². The second kappa shape index (κ2) is 30.2. The number of nitrogens with one attached hydrogen (secondary N) is 5. The van der Waals surface area contributed by atoms with Gasteiger partial charge in [-0.15, -0.1) is 11.3 Å². The first kappa shape index (κ1) is 65.4. The molecule has 0 unspecified atom stereocenters. The van der Waals surface area contributed by atoms with E-state index in [0.29, 0.717) is 43.1 Å². The Labute approximate surface area is 506 Å². The molecule has 3 aromatic carbocycles. The van der Waals surface area contributed by atoms with Crippen LogP contribution in [0.1, 0.15) is 154 Å². The minimum absolute atomic E-state index is 0.0249. The van der Waals surface area contributed by atoms with Crippen molar-refractivity contribution in [1.82, 2.24) is 40.7 Å². The number of unbranched alkanes of at least 4 members (excludes halogenated alkanes) is 7. The molecule has 7 rings (SSSR count). The number of carbonyl (C=O) groups excluding carboxylic acids is 4. The number of amides is 4. The number of aliphatic hydroxyl groups is 1. The molecule has 0 aliphatic carbocycles. The van der Waals surface area contributed by atoms with Crippen molar-refractivity contribution in [2.45, 2.75) is 186 Å². The standard InChI is InChI=1S/C63H87ClN10O8S2/c1-40(2)82-53-34-48(42(5)32-51(53)70-62-67-36-49(64)59(72-62)69-50-20-17-18-21-54(50)84(80,81)41(3)4)45-27-30-73(31-28-45)38-56(77)65-29-19-15-13-11-10-12-14-16-22-55(76)71-58(63(7,8)9)61(79)74-37-47(75)33-52(74)60(78)66-35-44-23-25-46(26-24-44)57-43(6)68-39-83-57/h17-18,20-21,23-26,32,34,36,39-41,45,47,52,58,75H,10-16,19,22,27-31,33,35,37-38H2,1-9H3,(H,65,77)(H,66,78)(H,71,76)(H2,67,69,70,72)/t47-,52+,58-/m1/s1. The first-order valence-corrected chi connectivity index (χ1v) is 32.5. The number of sulfone groups is 1. The lowest BCUT2D eigenvalue weighted by Gasteiger charge is -2.35. The van der Waals surface area contributed by atoms with Crippen LogP contribution in [0.25, 0.3) is 10.4 Å². The molecule has 2 aliphatic rings. The molecule has 456 valence electrons. The summed E-state index contributed by atoms with van der Waals surface area (Å²) in [6.45, 7) is 19.9. The minimum atomic E-state index is -3.59. The van der Waals surface area contributed by atoms with Gasteiger partial charge in [0.05, 0.1) is 62.6 Å². The Kier molecular flexibility index (Phi) is 23.5. The highest BCUT2D eigenvalue weighted by atomic mass is 35.5. The van der Waals surface area contributed by atoms with Gasteiger partial charge in [-0.25, -0.2) is 18.4 Å². The molecule has 2 aromatic heterocycles. The van der Waals surface area contributed by atoms with Crippen LogP contribution in [0.5, 0.6) is 5.75 Å². The Morgan fingerprint density at radius 3 is 2.18 bits per heavy atom. The summed E-state index contributed by atoms with van der Waals surface area (Å²) in [5, 5.41) is 25.7. The van der Waals surface area contributed by atoms with Crippen molar-refractivity contribution in [3.63, 3.8) is 0 Å². The number of rotatable bonds is 28. The van der Waals surface area contributed by atoms with Crippen LogP contribution in [-0.2, 0) is 35.6 Å². The number of ether oxygens (including phenoxy) is 1. The summed E-state index contributed by atoms with van der Waals surface area (Å²) in [6, 6.07) is 17.0. The second-order valence-electron chi connectivity index (χ2n) is 24.0. The van der Waals surface area contributed by atoms with Gasteiger partial charge in [0.15, 0.2) is 15.7 Å². The summed E-state index contributed by atoms with van der Waals surface area (Å²) in [4.78, 5) is 72.1.